The summed E-state index contributed by atoms with van der Waals surface area (Å²) in [7, 11) is 0. The van der Waals surface area contributed by atoms with Crippen molar-refractivity contribution in [1.82, 2.24) is 4.57 Å². The van der Waals surface area contributed by atoms with Crippen LogP contribution in [-0.2, 0) is 5.41 Å². The molecule has 2 heterocycles. The maximum absolute atomic E-state index is 2.45. The lowest BCUT2D eigenvalue weighted by Gasteiger charge is -2.28. The summed E-state index contributed by atoms with van der Waals surface area (Å²) in [4.78, 5) is 2.42. The highest BCUT2D eigenvalue weighted by Gasteiger charge is 2.35. The maximum Gasteiger partial charge on any atom is 0.0547 e. The molecule has 3 heteroatoms. The monoisotopic (exact) mass is 834 g/mol. The smallest absolute Gasteiger partial charge is 0.0547 e. The van der Waals surface area contributed by atoms with E-state index in [4.69, 9.17) is 0 Å². The fraction of sp³-hybridized carbons (Fsp3) is 0.0492. The Bertz CT molecular complexity index is 3800. The van der Waals surface area contributed by atoms with E-state index < -0.39 is 0 Å². The maximum atomic E-state index is 2.45. The van der Waals surface area contributed by atoms with Gasteiger partial charge in [0.25, 0.3) is 0 Å². The molecule has 0 N–H and O–H groups in total. The van der Waals surface area contributed by atoms with E-state index in [-0.39, 0.29) is 5.41 Å². The zero-order valence-electron chi connectivity index (χ0n) is 35.6. The van der Waals surface area contributed by atoms with Gasteiger partial charge in [-0.25, -0.2) is 0 Å². The normalized spacial score (nSPS) is 13.0. The summed E-state index contributed by atoms with van der Waals surface area (Å²) in [6, 6.07) is 80.9. The Morgan fingerprint density at radius 3 is 1.91 bits per heavy atom. The van der Waals surface area contributed by atoms with Gasteiger partial charge in [-0.05, 0) is 140 Å². The van der Waals surface area contributed by atoms with Gasteiger partial charge in [-0.2, -0.15) is 0 Å². The van der Waals surface area contributed by atoms with E-state index in [0.717, 1.165) is 22.7 Å². The Hall–Kier alpha value is -7.72. The van der Waals surface area contributed by atoms with E-state index in [1.807, 2.05) is 11.3 Å². The Balaban J connectivity index is 0.954. The van der Waals surface area contributed by atoms with E-state index in [2.05, 4.69) is 242 Å². The molecule has 0 saturated heterocycles. The van der Waals surface area contributed by atoms with Gasteiger partial charge in [0, 0.05) is 59.1 Å². The summed E-state index contributed by atoms with van der Waals surface area (Å²) in [5.41, 5.74) is 17.0. The summed E-state index contributed by atoms with van der Waals surface area (Å²) in [5.74, 6) is 0. The van der Waals surface area contributed by atoms with Gasteiger partial charge in [-0.3, -0.25) is 0 Å². The number of para-hydroxylation sites is 1. The van der Waals surface area contributed by atoms with E-state index >= 15 is 0 Å². The molecular formula is C61H42N2S. The SMILES string of the molecule is CC1(C)c2ccccc2-c2ccc(N(c3ccc(-c4ccc5c(c4)c4cc6ccc7sc8ccccc8c7c6cc4n5-c4ccccc4)cc3)c3cccc(-c4ccccc4)c3)cc21. The van der Waals surface area contributed by atoms with Crippen molar-refractivity contribution in [3.63, 3.8) is 0 Å². The molecule has 0 fully saturated rings. The van der Waals surface area contributed by atoms with E-state index in [1.54, 1.807) is 0 Å². The quantitative estimate of drug-likeness (QED) is 0.162. The number of hydrogen-bond donors (Lipinski definition) is 0. The number of hydrogen-bond acceptors (Lipinski definition) is 2. The zero-order valence-corrected chi connectivity index (χ0v) is 36.4. The lowest BCUT2D eigenvalue weighted by molar-refractivity contribution is 0.660. The van der Waals surface area contributed by atoms with Gasteiger partial charge in [0.05, 0.1) is 11.0 Å². The third-order valence-electron chi connectivity index (χ3n) is 13.8. The third-order valence-corrected chi connectivity index (χ3v) is 14.9. The molecule has 2 aromatic heterocycles. The molecule has 0 aliphatic heterocycles. The van der Waals surface area contributed by atoms with Crippen molar-refractivity contribution >= 4 is 81.1 Å². The highest BCUT2D eigenvalue weighted by molar-refractivity contribution is 7.26. The highest BCUT2D eigenvalue weighted by Crippen LogP contribution is 2.51. The molecule has 64 heavy (non-hydrogen) atoms. The molecule has 0 saturated carbocycles. The van der Waals surface area contributed by atoms with Crippen molar-refractivity contribution in [3.05, 3.63) is 230 Å². The summed E-state index contributed by atoms with van der Waals surface area (Å²) in [5, 5.41) is 7.75. The highest BCUT2D eigenvalue weighted by atomic mass is 32.1. The molecule has 12 aromatic rings. The number of benzene rings is 10. The van der Waals surface area contributed by atoms with Crippen LogP contribution in [0.2, 0.25) is 0 Å². The van der Waals surface area contributed by atoms with Crippen LogP contribution in [0.3, 0.4) is 0 Å². The van der Waals surface area contributed by atoms with Crippen LogP contribution in [-0.4, -0.2) is 4.57 Å². The molecule has 10 aromatic carbocycles. The van der Waals surface area contributed by atoms with E-state index in [1.165, 1.54) is 97.3 Å². The second-order valence-corrected chi connectivity index (χ2v) is 18.8. The average Bonchev–Trinajstić information content (AvgIpc) is 3.96. The fourth-order valence-corrected chi connectivity index (χ4v) is 11.8. The number of thiophene rings is 1. The molecule has 2 nitrogen and oxygen atoms in total. The molecule has 0 atom stereocenters. The number of aromatic nitrogens is 1. The minimum Gasteiger partial charge on any atom is -0.310 e. The lowest BCUT2D eigenvalue weighted by atomic mass is 9.82. The Kier molecular flexibility index (Phi) is 8.16. The topological polar surface area (TPSA) is 8.17 Å². The van der Waals surface area contributed by atoms with Crippen molar-refractivity contribution in [2.45, 2.75) is 19.3 Å². The van der Waals surface area contributed by atoms with Crippen LogP contribution in [0.1, 0.15) is 25.0 Å². The minimum atomic E-state index is -0.109. The van der Waals surface area contributed by atoms with Crippen molar-refractivity contribution in [1.29, 1.82) is 0 Å². The molecule has 1 aliphatic rings. The molecule has 0 radical (unpaired) electrons. The number of anilines is 3. The van der Waals surface area contributed by atoms with Gasteiger partial charge >= 0.3 is 0 Å². The van der Waals surface area contributed by atoms with E-state index in [9.17, 15) is 0 Å². The predicted molar refractivity (Wildman–Crippen MR) is 274 cm³/mol. The first-order chi connectivity index (χ1) is 31.5. The first kappa shape index (κ1) is 36.9. The molecule has 1 aliphatic carbocycles. The Morgan fingerprint density at radius 2 is 1.05 bits per heavy atom. The minimum absolute atomic E-state index is 0.109. The molecule has 13 rings (SSSR count). The standard InChI is InChI=1S/C61H42N2S/c1-61(2)54-22-11-9-20-48(54)49-31-30-47(37-55(49)61)62(46-19-13-16-41(34-46)39-14-5-3-6-15-39)45-28-24-40(25-29-45)42-26-32-56-52(35-42)53-36-43-27-33-59-60(50-21-10-12-23-58(50)64-59)51(43)38-57(53)63(56)44-17-7-4-8-18-44/h3-38H,1-2H3. The second-order valence-electron chi connectivity index (χ2n) is 17.7. The van der Waals surface area contributed by atoms with Crippen LogP contribution < -0.4 is 4.90 Å². The molecule has 0 spiro atoms. The Labute approximate surface area is 376 Å². The van der Waals surface area contributed by atoms with Gasteiger partial charge in [0.15, 0.2) is 0 Å². The zero-order chi connectivity index (χ0) is 42.5. The van der Waals surface area contributed by atoms with Gasteiger partial charge in [0.1, 0.15) is 0 Å². The van der Waals surface area contributed by atoms with Crippen molar-refractivity contribution in [2.75, 3.05) is 4.90 Å². The number of rotatable bonds is 6. The number of nitrogens with zero attached hydrogens (tertiary/aromatic N) is 2. The van der Waals surface area contributed by atoms with E-state index in [0.29, 0.717) is 0 Å². The fourth-order valence-electron chi connectivity index (χ4n) is 10.6. The molecule has 0 bridgehead atoms. The van der Waals surface area contributed by atoms with Crippen molar-refractivity contribution in [3.8, 4) is 39.1 Å². The summed E-state index contributed by atoms with van der Waals surface area (Å²) >= 11 is 1.88. The Morgan fingerprint density at radius 1 is 0.391 bits per heavy atom. The van der Waals surface area contributed by atoms with Crippen molar-refractivity contribution in [2.24, 2.45) is 0 Å². The van der Waals surface area contributed by atoms with Crippen molar-refractivity contribution < 1.29 is 0 Å². The third kappa shape index (κ3) is 5.64. The lowest BCUT2D eigenvalue weighted by Crippen LogP contribution is -2.16. The average molecular weight is 835 g/mol. The molecule has 0 unspecified atom stereocenters. The van der Waals surface area contributed by atoms with Gasteiger partial charge < -0.3 is 9.47 Å². The molecular weight excluding hydrogens is 793 g/mol. The summed E-state index contributed by atoms with van der Waals surface area (Å²) in [6.45, 7) is 4.72. The van der Waals surface area contributed by atoms with Crippen LogP contribution in [0.5, 0.6) is 0 Å². The van der Waals surface area contributed by atoms with Crippen LogP contribution in [0, 0.1) is 0 Å². The summed E-state index contributed by atoms with van der Waals surface area (Å²) < 4.78 is 5.10. The first-order valence-corrected chi connectivity index (χ1v) is 23.0. The summed E-state index contributed by atoms with van der Waals surface area (Å²) in [6.07, 6.45) is 0. The largest absolute Gasteiger partial charge is 0.310 e. The van der Waals surface area contributed by atoms with Gasteiger partial charge in [-0.1, -0.05) is 147 Å². The van der Waals surface area contributed by atoms with Crippen LogP contribution >= 0.6 is 11.3 Å². The van der Waals surface area contributed by atoms with Gasteiger partial charge in [-0.15, -0.1) is 11.3 Å². The van der Waals surface area contributed by atoms with Gasteiger partial charge in [0.2, 0.25) is 0 Å². The van der Waals surface area contributed by atoms with Crippen LogP contribution in [0.4, 0.5) is 17.1 Å². The molecule has 0 amide bonds. The predicted octanol–water partition coefficient (Wildman–Crippen LogP) is 17.4. The van der Waals surface area contributed by atoms with Crippen LogP contribution in [0.25, 0.3) is 91.8 Å². The second kappa shape index (κ2) is 14.2. The van der Waals surface area contributed by atoms with Crippen LogP contribution in [0.15, 0.2) is 218 Å². The molecule has 302 valence electrons. The number of fused-ring (bicyclic) bond motifs is 11. The first-order valence-electron chi connectivity index (χ1n) is 22.2.